The summed E-state index contributed by atoms with van der Waals surface area (Å²) >= 11 is 36.1. The predicted octanol–water partition coefficient (Wildman–Crippen LogP) is 13.5. The van der Waals surface area contributed by atoms with Gasteiger partial charge < -0.3 is 9.97 Å². The third-order valence-electron chi connectivity index (χ3n) is 8.85. The van der Waals surface area contributed by atoms with E-state index in [1.807, 2.05) is 91.8 Å². The fraction of sp³-hybridized carbons (Fsp3) is 0.273. The highest BCUT2D eigenvalue weighted by Crippen LogP contribution is 2.28. The summed E-state index contributed by atoms with van der Waals surface area (Å²) in [5, 5.41) is 3.17. The molecule has 4 aromatic carbocycles. The van der Waals surface area contributed by atoms with Gasteiger partial charge in [0.1, 0.15) is 27.9 Å². The average molecular weight is 928 g/mol. The lowest BCUT2D eigenvalue weighted by molar-refractivity contribution is 0.807. The van der Waals surface area contributed by atoms with Crippen LogP contribution in [-0.4, -0.2) is 39.9 Å². The highest BCUT2D eigenvalue weighted by Gasteiger charge is 2.14. The van der Waals surface area contributed by atoms with Crippen LogP contribution in [0.3, 0.4) is 0 Å². The lowest BCUT2D eigenvalue weighted by Crippen LogP contribution is -2.16. The molecule has 0 unspecified atom stereocenters. The van der Waals surface area contributed by atoms with Gasteiger partial charge in [-0.3, -0.25) is 9.59 Å². The topological polar surface area (TPSA) is 143 Å². The van der Waals surface area contributed by atoms with E-state index < -0.39 is 0 Å². The van der Waals surface area contributed by atoms with Crippen LogP contribution in [0.5, 0.6) is 0 Å². The molecule has 10 nitrogen and oxygen atoms in total. The average Bonchev–Trinajstić information content (AvgIpc) is 3.18. The molecular weight excluding hydrogens is 885 g/mol. The summed E-state index contributed by atoms with van der Waals surface area (Å²) in [6.07, 6.45) is 0. The number of fused-ring (bicyclic) bond motifs is 4. The van der Waals surface area contributed by atoms with Gasteiger partial charge in [-0.1, -0.05) is 149 Å². The SMILES string of the molecule is CC(C)c1nc2c(Cl)cccc2[nH]c1=O.CC(C)c1nc2c(Cl)cccc2nc1Cl.CC(C)c1nc2cccc(Cl)c2[nH]c1=O.CC(C)c1nc2cccc(Cl)c2nc1Cl. The first-order chi connectivity index (χ1) is 28.4. The molecule has 0 bridgehead atoms. The van der Waals surface area contributed by atoms with E-state index in [4.69, 9.17) is 69.6 Å². The van der Waals surface area contributed by atoms with Crippen molar-refractivity contribution in [3.05, 3.63) is 147 Å². The number of H-pyrrole nitrogens is 2. The Kier molecular flexibility index (Phi) is 15.9. The molecule has 0 atom stereocenters. The molecule has 0 aliphatic rings. The van der Waals surface area contributed by atoms with Gasteiger partial charge in [-0.2, -0.15) is 0 Å². The van der Waals surface area contributed by atoms with Crippen molar-refractivity contribution >= 4 is 114 Å². The van der Waals surface area contributed by atoms with Crippen LogP contribution in [0.2, 0.25) is 30.4 Å². The normalized spacial score (nSPS) is 11.2. The molecule has 0 amide bonds. The molecule has 16 heteroatoms. The molecule has 0 saturated heterocycles. The lowest BCUT2D eigenvalue weighted by Gasteiger charge is -2.08. The maximum absolute atomic E-state index is 11.7. The Hall–Kier alpha value is -4.42. The summed E-state index contributed by atoms with van der Waals surface area (Å²) in [6.45, 7) is 15.9. The maximum atomic E-state index is 11.7. The van der Waals surface area contributed by atoms with E-state index in [1.165, 1.54) is 0 Å². The molecule has 0 aliphatic heterocycles. The monoisotopic (exact) mass is 924 g/mol. The van der Waals surface area contributed by atoms with Crippen LogP contribution in [-0.2, 0) is 0 Å². The molecule has 4 aromatic heterocycles. The molecule has 0 aliphatic carbocycles. The van der Waals surface area contributed by atoms with Crippen LogP contribution in [0.1, 0.15) is 102 Å². The number of aromatic nitrogens is 8. The predicted molar refractivity (Wildman–Crippen MR) is 250 cm³/mol. The zero-order valence-corrected chi connectivity index (χ0v) is 38.5. The molecular formula is C44H42Cl6N8O2. The van der Waals surface area contributed by atoms with Crippen LogP contribution < -0.4 is 11.1 Å². The van der Waals surface area contributed by atoms with Crippen LogP contribution in [0, 0.1) is 0 Å². The minimum absolute atomic E-state index is 0.0921. The fourth-order valence-electron chi connectivity index (χ4n) is 5.76. The number of benzene rings is 4. The largest absolute Gasteiger partial charge is 0.319 e. The molecule has 4 heterocycles. The maximum Gasteiger partial charge on any atom is 0.270 e. The third-order valence-corrected chi connectivity index (χ3v) is 10.6. The minimum Gasteiger partial charge on any atom is -0.319 e. The van der Waals surface area contributed by atoms with E-state index in [2.05, 4.69) is 39.9 Å². The number of nitrogens with zero attached hydrogens (tertiary/aromatic N) is 6. The second-order valence-electron chi connectivity index (χ2n) is 14.8. The van der Waals surface area contributed by atoms with Gasteiger partial charge >= 0.3 is 0 Å². The van der Waals surface area contributed by atoms with E-state index in [-0.39, 0.29) is 34.8 Å². The summed E-state index contributed by atoms with van der Waals surface area (Å²) in [5.41, 5.74) is 7.93. The zero-order valence-electron chi connectivity index (χ0n) is 34.0. The van der Waals surface area contributed by atoms with Gasteiger partial charge in [-0.05, 0) is 60.4 Å². The number of nitrogens with one attached hydrogen (secondary N) is 2. The van der Waals surface area contributed by atoms with E-state index in [0.29, 0.717) is 69.4 Å². The van der Waals surface area contributed by atoms with Crippen molar-refractivity contribution in [1.82, 2.24) is 39.9 Å². The Morgan fingerprint density at radius 3 is 1.35 bits per heavy atom. The summed E-state index contributed by atoms with van der Waals surface area (Å²) in [7, 11) is 0. The Bertz CT molecular complexity index is 2930. The van der Waals surface area contributed by atoms with Crippen LogP contribution in [0.25, 0.3) is 44.1 Å². The van der Waals surface area contributed by atoms with Crippen molar-refractivity contribution < 1.29 is 0 Å². The van der Waals surface area contributed by atoms with E-state index in [1.54, 1.807) is 36.4 Å². The van der Waals surface area contributed by atoms with Gasteiger partial charge in [0, 0.05) is 11.8 Å². The molecule has 0 radical (unpaired) electrons. The molecule has 0 spiro atoms. The smallest absolute Gasteiger partial charge is 0.270 e. The number of hydrogen-bond acceptors (Lipinski definition) is 8. The van der Waals surface area contributed by atoms with Gasteiger partial charge in [0.15, 0.2) is 10.3 Å². The Morgan fingerprint density at radius 1 is 0.400 bits per heavy atom. The highest BCUT2D eigenvalue weighted by atomic mass is 35.5. The van der Waals surface area contributed by atoms with E-state index in [9.17, 15) is 9.59 Å². The number of hydrogen-bond donors (Lipinski definition) is 2. The molecule has 312 valence electrons. The standard InChI is InChI=1S/2C11H10Cl2N2.2C11H11ClN2O/c1-6(2)9-11(13)14-8-5-3-4-7(12)10(8)15-9;1-6(2)9-11(13)15-10-7(12)4-3-5-8(10)14-9;1-6(2)9-11(15)13-8-5-3-4-7(12)10(8)14-9;1-6(2)9-11(15)14-10-7(12)4-3-5-8(10)13-9/h2*3-6H,1-2H3;3-6H,1-2H3,(H,13,15);3-6H,1-2H3,(H,14,15). The van der Waals surface area contributed by atoms with Crippen molar-refractivity contribution in [2.24, 2.45) is 0 Å². The Morgan fingerprint density at radius 2 is 0.783 bits per heavy atom. The first kappa shape index (κ1) is 46.6. The first-order valence-electron chi connectivity index (χ1n) is 19.0. The number of rotatable bonds is 4. The van der Waals surface area contributed by atoms with E-state index in [0.717, 1.165) is 27.9 Å². The van der Waals surface area contributed by atoms with Crippen molar-refractivity contribution in [1.29, 1.82) is 0 Å². The summed E-state index contributed by atoms with van der Waals surface area (Å²) in [4.78, 5) is 54.9. The van der Waals surface area contributed by atoms with Gasteiger partial charge in [-0.25, -0.2) is 29.9 Å². The molecule has 0 saturated carbocycles. The summed E-state index contributed by atoms with van der Waals surface area (Å²) < 4.78 is 0. The quantitative estimate of drug-likeness (QED) is 0.178. The second kappa shape index (κ2) is 20.4. The lowest BCUT2D eigenvalue weighted by atomic mass is 10.1. The zero-order chi connectivity index (χ0) is 44.0. The molecule has 8 rings (SSSR count). The molecule has 2 N–H and O–H groups in total. The van der Waals surface area contributed by atoms with Crippen molar-refractivity contribution in [2.75, 3.05) is 0 Å². The molecule has 60 heavy (non-hydrogen) atoms. The van der Waals surface area contributed by atoms with Crippen molar-refractivity contribution in [3.63, 3.8) is 0 Å². The van der Waals surface area contributed by atoms with Crippen molar-refractivity contribution in [3.8, 4) is 0 Å². The third kappa shape index (κ3) is 11.1. The van der Waals surface area contributed by atoms with Gasteiger partial charge in [-0.15, -0.1) is 0 Å². The fourth-order valence-corrected chi connectivity index (χ4v) is 7.32. The summed E-state index contributed by atoms with van der Waals surface area (Å²) in [6, 6.07) is 21.7. The first-order valence-corrected chi connectivity index (χ1v) is 21.2. The second-order valence-corrected chi connectivity index (χ2v) is 17.2. The molecule has 0 fully saturated rings. The summed E-state index contributed by atoms with van der Waals surface area (Å²) in [5.74, 6) is 0.700. The van der Waals surface area contributed by atoms with Gasteiger partial charge in [0.05, 0.1) is 59.1 Å². The molecule has 8 aromatic rings. The van der Waals surface area contributed by atoms with Crippen molar-refractivity contribution in [2.45, 2.75) is 79.1 Å². The number of aromatic amines is 2. The Balaban J connectivity index is 0.000000152. The minimum atomic E-state index is -0.161. The van der Waals surface area contributed by atoms with Gasteiger partial charge in [0.25, 0.3) is 11.1 Å². The van der Waals surface area contributed by atoms with E-state index >= 15 is 0 Å². The van der Waals surface area contributed by atoms with Gasteiger partial charge in [0.2, 0.25) is 0 Å². The number of para-hydroxylation sites is 4. The Labute approximate surface area is 377 Å². The highest BCUT2D eigenvalue weighted by molar-refractivity contribution is 6.36. The number of halogens is 6. The van der Waals surface area contributed by atoms with Crippen LogP contribution in [0.4, 0.5) is 0 Å². The van der Waals surface area contributed by atoms with Crippen LogP contribution in [0.15, 0.2) is 82.4 Å². The van der Waals surface area contributed by atoms with Crippen LogP contribution >= 0.6 is 69.6 Å².